The van der Waals surface area contributed by atoms with Crippen molar-refractivity contribution in [3.8, 4) is 0 Å². The van der Waals surface area contributed by atoms with Gasteiger partial charge in [-0.1, -0.05) is 80.8 Å². The number of unbranched alkanes of at least 4 members (excludes halogenated alkanes) is 8. The van der Waals surface area contributed by atoms with Gasteiger partial charge in [0.15, 0.2) is 5.78 Å². The van der Waals surface area contributed by atoms with Crippen LogP contribution in [0.3, 0.4) is 0 Å². The Kier molecular flexibility index (Phi) is 14.2. The molecule has 0 radical (unpaired) electrons. The van der Waals surface area contributed by atoms with Gasteiger partial charge in [0.05, 0.1) is 18.2 Å². The highest BCUT2D eigenvalue weighted by atomic mass is 32.2. The predicted octanol–water partition coefficient (Wildman–Crippen LogP) is 8.15. The quantitative estimate of drug-likeness (QED) is 0.0662. The summed E-state index contributed by atoms with van der Waals surface area (Å²) in [5.74, 6) is -0.0603. The molecule has 10 heteroatoms. The topological polar surface area (TPSA) is 87.2 Å². The highest BCUT2D eigenvalue weighted by Crippen LogP contribution is 2.39. The summed E-state index contributed by atoms with van der Waals surface area (Å²) in [6.45, 7) is 5.95. The van der Waals surface area contributed by atoms with Gasteiger partial charge < -0.3 is 14.7 Å². The number of hydrogen-bond acceptors (Lipinski definition) is 7. The highest BCUT2D eigenvalue weighted by molar-refractivity contribution is 7.86. The van der Waals surface area contributed by atoms with Gasteiger partial charge in [-0.05, 0) is 94.1 Å². The summed E-state index contributed by atoms with van der Waals surface area (Å²) in [6.07, 6.45) is 12.1. The molecular formula is C41H54FN3O5S. The van der Waals surface area contributed by atoms with Gasteiger partial charge in [0.2, 0.25) is 5.91 Å². The molecule has 3 aromatic carbocycles. The molecule has 2 heterocycles. The van der Waals surface area contributed by atoms with Crippen LogP contribution in [0, 0.1) is 12.7 Å². The lowest BCUT2D eigenvalue weighted by molar-refractivity contribution is -0.133. The number of carbonyl (C=O) groups excluding carboxylic acids is 2. The van der Waals surface area contributed by atoms with Crippen LogP contribution in [0.4, 0.5) is 10.1 Å². The van der Waals surface area contributed by atoms with Gasteiger partial charge in [-0.2, -0.15) is 8.42 Å². The fourth-order valence-electron chi connectivity index (χ4n) is 7.35. The molecule has 0 saturated carbocycles. The molecule has 2 saturated heterocycles. The van der Waals surface area contributed by atoms with Crippen molar-refractivity contribution in [1.82, 2.24) is 9.80 Å². The summed E-state index contributed by atoms with van der Waals surface area (Å²) < 4.78 is 43.0. The predicted molar refractivity (Wildman–Crippen MR) is 200 cm³/mol. The first-order chi connectivity index (χ1) is 24.7. The van der Waals surface area contributed by atoms with Crippen molar-refractivity contribution in [1.29, 1.82) is 0 Å². The van der Waals surface area contributed by atoms with Crippen LogP contribution >= 0.6 is 0 Å². The first-order valence-corrected chi connectivity index (χ1v) is 20.2. The van der Waals surface area contributed by atoms with Crippen LogP contribution < -0.4 is 4.90 Å². The van der Waals surface area contributed by atoms with E-state index in [1.807, 2.05) is 25.1 Å². The molecule has 3 aromatic rings. The molecule has 0 unspecified atom stereocenters. The van der Waals surface area contributed by atoms with E-state index < -0.39 is 15.7 Å². The summed E-state index contributed by atoms with van der Waals surface area (Å²) in [7, 11) is -3.69. The molecule has 0 bridgehead atoms. The second-order valence-electron chi connectivity index (χ2n) is 14.2. The first kappa shape index (κ1) is 38.6. The molecule has 2 aliphatic heterocycles. The van der Waals surface area contributed by atoms with E-state index in [0.717, 1.165) is 114 Å². The van der Waals surface area contributed by atoms with Crippen molar-refractivity contribution >= 4 is 27.5 Å². The van der Waals surface area contributed by atoms with Gasteiger partial charge in [0.1, 0.15) is 11.4 Å². The first-order valence-electron chi connectivity index (χ1n) is 18.8. The number of benzene rings is 3. The van der Waals surface area contributed by atoms with Crippen LogP contribution in [-0.4, -0.2) is 74.9 Å². The van der Waals surface area contributed by atoms with Gasteiger partial charge in [-0.3, -0.25) is 13.8 Å². The van der Waals surface area contributed by atoms with E-state index >= 15 is 0 Å². The summed E-state index contributed by atoms with van der Waals surface area (Å²) in [5.41, 5.74) is 2.12. The molecule has 0 atom stereocenters. The molecule has 0 aliphatic carbocycles. The van der Waals surface area contributed by atoms with Gasteiger partial charge in [0, 0.05) is 37.3 Å². The van der Waals surface area contributed by atoms with Gasteiger partial charge in [0.25, 0.3) is 10.1 Å². The third-order valence-corrected chi connectivity index (χ3v) is 11.8. The van der Waals surface area contributed by atoms with Crippen molar-refractivity contribution < 1.29 is 26.6 Å². The van der Waals surface area contributed by atoms with Gasteiger partial charge in [-0.25, -0.2) is 4.39 Å². The Morgan fingerprint density at radius 1 is 0.765 bits per heavy atom. The van der Waals surface area contributed by atoms with Crippen molar-refractivity contribution in [3.63, 3.8) is 0 Å². The molecular weight excluding hydrogens is 666 g/mol. The standard InChI is InChI=1S/C41H54FN3O5S/c1-34-18-24-38(25-19-34)51(48,49)50-32-13-8-6-4-2-3-5-7-12-29-44-33-45(37-15-10-9-11-16-37)41(40(44)47)26-30-43(31-27-41)28-14-17-39(46)35-20-22-36(42)23-21-35/h9-11,15-16,18-25H,2-8,12-14,17,26-33H2,1H3. The Bertz CT molecular complexity index is 1640. The number of anilines is 1. The Labute approximate surface area is 304 Å². The second-order valence-corrected chi connectivity index (χ2v) is 15.8. The largest absolute Gasteiger partial charge is 0.339 e. The maximum Gasteiger partial charge on any atom is 0.296 e. The van der Waals surface area contributed by atoms with Crippen molar-refractivity contribution in [2.24, 2.45) is 0 Å². The summed E-state index contributed by atoms with van der Waals surface area (Å²) in [5, 5.41) is 0. The second kappa shape index (κ2) is 18.8. The molecule has 8 nitrogen and oxygen atoms in total. The summed E-state index contributed by atoms with van der Waals surface area (Å²) in [6, 6.07) is 22.8. The molecule has 0 aromatic heterocycles. The number of piperidine rings is 1. The Hall–Kier alpha value is -3.60. The smallest absolute Gasteiger partial charge is 0.296 e. The Balaban J connectivity index is 0.974. The third kappa shape index (κ3) is 10.7. The number of nitrogens with zero attached hydrogens (tertiary/aromatic N) is 3. The molecule has 2 fully saturated rings. The average Bonchev–Trinajstić information content (AvgIpc) is 3.40. The van der Waals surface area contributed by atoms with Crippen molar-refractivity contribution in [3.05, 3.63) is 95.8 Å². The maximum atomic E-state index is 14.1. The number of hydrogen-bond donors (Lipinski definition) is 0. The number of aryl methyl sites for hydroxylation is 1. The summed E-state index contributed by atoms with van der Waals surface area (Å²) >= 11 is 0. The van der Waals surface area contributed by atoms with Crippen molar-refractivity contribution in [2.45, 2.75) is 101 Å². The minimum atomic E-state index is -3.69. The number of amides is 1. The molecule has 2 aliphatic rings. The Morgan fingerprint density at radius 3 is 2.02 bits per heavy atom. The van der Waals surface area contributed by atoms with E-state index in [1.165, 1.54) is 12.1 Å². The van der Waals surface area contributed by atoms with E-state index in [2.05, 4.69) is 26.8 Å². The number of Topliss-reactive ketones (excluding diaryl/α,β-unsaturated/α-hetero) is 1. The minimum Gasteiger partial charge on any atom is -0.339 e. The molecule has 1 amide bonds. The molecule has 51 heavy (non-hydrogen) atoms. The number of halogens is 1. The number of ketones is 1. The number of rotatable bonds is 20. The van der Waals surface area contributed by atoms with Crippen LogP contribution in [0.1, 0.15) is 99.4 Å². The van der Waals surface area contributed by atoms with E-state index in [0.29, 0.717) is 18.7 Å². The monoisotopic (exact) mass is 719 g/mol. The summed E-state index contributed by atoms with van der Waals surface area (Å²) in [4.78, 5) is 33.6. The zero-order chi connectivity index (χ0) is 36.1. The van der Waals surface area contributed by atoms with E-state index in [9.17, 15) is 22.4 Å². The lowest BCUT2D eigenvalue weighted by Crippen LogP contribution is -2.56. The van der Waals surface area contributed by atoms with E-state index in [1.54, 1.807) is 36.4 Å². The lowest BCUT2D eigenvalue weighted by Gasteiger charge is -2.43. The van der Waals surface area contributed by atoms with Crippen molar-refractivity contribution in [2.75, 3.05) is 44.4 Å². The van der Waals surface area contributed by atoms with Crippen LogP contribution in [-0.2, 0) is 19.1 Å². The SMILES string of the molecule is Cc1ccc(S(=O)(=O)OCCCCCCCCCCCN2CN(c3ccccc3)C3(CCN(CCCC(=O)c4ccc(F)cc4)CC3)C2=O)cc1. The number of para-hydroxylation sites is 1. The third-order valence-electron chi connectivity index (χ3n) is 10.4. The van der Waals surface area contributed by atoms with Crippen LogP contribution in [0.2, 0.25) is 0 Å². The number of carbonyl (C=O) groups is 2. The van der Waals surface area contributed by atoms with E-state index in [4.69, 9.17) is 4.18 Å². The lowest BCUT2D eigenvalue weighted by atomic mass is 9.85. The van der Waals surface area contributed by atoms with Crippen LogP contribution in [0.25, 0.3) is 0 Å². The number of likely N-dealkylation sites (tertiary alicyclic amines) is 1. The van der Waals surface area contributed by atoms with Gasteiger partial charge >= 0.3 is 0 Å². The normalized spacial score (nSPS) is 16.3. The fraction of sp³-hybridized carbons (Fsp3) is 0.512. The van der Waals surface area contributed by atoms with Gasteiger partial charge in [-0.15, -0.1) is 0 Å². The zero-order valence-corrected chi connectivity index (χ0v) is 30.9. The minimum absolute atomic E-state index is 0.0350. The van der Waals surface area contributed by atoms with Crippen LogP contribution in [0.5, 0.6) is 0 Å². The van der Waals surface area contributed by atoms with E-state index in [-0.39, 0.29) is 29.0 Å². The Morgan fingerprint density at radius 2 is 1.37 bits per heavy atom. The molecule has 276 valence electrons. The average molecular weight is 720 g/mol. The molecule has 1 spiro atoms. The maximum absolute atomic E-state index is 14.1. The van der Waals surface area contributed by atoms with Crippen LogP contribution in [0.15, 0.2) is 83.8 Å². The molecule has 0 N–H and O–H groups in total. The zero-order valence-electron chi connectivity index (χ0n) is 30.1. The fourth-order valence-corrected chi connectivity index (χ4v) is 8.29. The highest BCUT2D eigenvalue weighted by Gasteiger charge is 2.53. The molecule has 5 rings (SSSR count).